The molecule has 4 aliphatic rings. The van der Waals surface area contributed by atoms with Crippen LogP contribution in [-0.2, 0) is 12.6 Å². The van der Waals surface area contributed by atoms with Crippen LogP contribution < -0.4 is 4.57 Å². The van der Waals surface area contributed by atoms with Crippen molar-refractivity contribution in [3.63, 3.8) is 0 Å². The largest absolute Gasteiger partial charge is 0.298 e. The highest BCUT2D eigenvalue weighted by Gasteiger charge is 2.54. The zero-order chi connectivity index (χ0) is 19.8. The number of pyridine rings is 1. The van der Waals surface area contributed by atoms with Crippen molar-refractivity contribution in [2.45, 2.75) is 44.1 Å². The lowest BCUT2D eigenvalue weighted by atomic mass is 9.60. The molecular formula is C26H23N4+. The fraction of sp³-hybridized carbons (Fsp3) is 0.308. The lowest BCUT2D eigenvalue weighted by molar-refractivity contribution is -0.661. The smallest absolute Gasteiger partial charge is 0.220 e. The van der Waals surface area contributed by atoms with Crippen LogP contribution in [0, 0.1) is 6.92 Å². The van der Waals surface area contributed by atoms with E-state index in [2.05, 4.69) is 76.2 Å². The molecule has 1 saturated carbocycles. The maximum Gasteiger partial charge on any atom is 0.220 e. The SMILES string of the molecule is Cc1ccc2c3c1-c1c4c(cc[n+]1C)C1CCC4(CC1)n3c1nc3ccccc3n21. The summed E-state index contributed by atoms with van der Waals surface area (Å²) in [6.07, 6.45) is 7.30. The summed E-state index contributed by atoms with van der Waals surface area (Å²) in [5.74, 6) is 1.83. The number of aromatic nitrogens is 4. The number of hydrogen-bond donors (Lipinski definition) is 0. The topological polar surface area (TPSA) is 26.1 Å². The molecule has 0 radical (unpaired) electrons. The lowest BCUT2D eigenvalue weighted by Crippen LogP contribution is -2.49. The highest BCUT2D eigenvalue weighted by Crippen LogP contribution is 2.60. The molecule has 146 valence electrons. The summed E-state index contributed by atoms with van der Waals surface area (Å²) in [4.78, 5) is 5.20. The van der Waals surface area contributed by atoms with Gasteiger partial charge in [-0.2, -0.15) is 0 Å². The van der Waals surface area contributed by atoms with Crippen molar-refractivity contribution in [3.05, 3.63) is 65.4 Å². The minimum Gasteiger partial charge on any atom is -0.298 e. The van der Waals surface area contributed by atoms with Gasteiger partial charge in [0.25, 0.3) is 0 Å². The van der Waals surface area contributed by atoms with Gasteiger partial charge in [-0.25, -0.2) is 9.55 Å². The zero-order valence-corrected chi connectivity index (χ0v) is 17.3. The number of para-hydroxylation sites is 2. The molecule has 1 aliphatic heterocycles. The first kappa shape index (κ1) is 15.7. The van der Waals surface area contributed by atoms with Gasteiger partial charge in [0.15, 0.2) is 6.20 Å². The number of rotatable bonds is 0. The predicted molar refractivity (Wildman–Crippen MR) is 118 cm³/mol. The standard InChI is InChI=1S/C26H23N4/c1-15-7-8-20-23-21(15)24-22-17(11-14-28(24)2)16-9-12-26(22,13-10-16)30(23)25-27-18-5-3-4-6-19(18)29(20)25/h3-8,11,14,16H,9-10,12-13H2,1-2H3/q+1. The Morgan fingerprint density at radius 2 is 1.87 bits per heavy atom. The first-order valence-electron chi connectivity index (χ1n) is 11.1. The van der Waals surface area contributed by atoms with Gasteiger partial charge in [-0.15, -0.1) is 0 Å². The summed E-state index contributed by atoms with van der Waals surface area (Å²) in [7, 11) is 2.23. The van der Waals surface area contributed by atoms with Crippen molar-refractivity contribution in [1.82, 2.24) is 14.0 Å². The third-order valence-electron chi connectivity index (χ3n) is 8.31. The third kappa shape index (κ3) is 1.48. The van der Waals surface area contributed by atoms with Crippen LogP contribution in [0.1, 0.15) is 48.3 Å². The van der Waals surface area contributed by atoms with E-state index in [1.54, 1.807) is 11.1 Å². The second kappa shape index (κ2) is 4.77. The van der Waals surface area contributed by atoms with E-state index < -0.39 is 0 Å². The molecule has 3 aliphatic carbocycles. The Kier molecular flexibility index (Phi) is 2.49. The van der Waals surface area contributed by atoms with E-state index in [1.807, 2.05) is 0 Å². The van der Waals surface area contributed by atoms with Crippen LogP contribution in [0.2, 0.25) is 0 Å². The minimum absolute atomic E-state index is 0.0314. The van der Waals surface area contributed by atoms with Crippen LogP contribution >= 0.6 is 0 Å². The Hall–Kier alpha value is -3.14. The number of fused-ring (bicyclic) bond motifs is 8. The fourth-order valence-corrected chi connectivity index (χ4v) is 7.08. The van der Waals surface area contributed by atoms with Crippen molar-refractivity contribution in [2.75, 3.05) is 0 Å². The van der Waals surface area contributed by atoms with Crippen molar-refractivity contribution in [3.8, 4) is 11.3 Å². The summed E-state index contributed by atoms with van der Waals surface area (Å²) in [6, 6.07) is 15.6. The summed E-state index contributed by atoms with van der Waals surface area (Å²) in [5, 5.41) is 0. The first-order valence-corrected chi connectivity index (χ1v) is 11.1. The quantitative estimate of drug-likeness (QED) is 0.342. The van der Waals surface area contributed by atoms with Gasteiger partial charge in [-0.3, -0.25) is 8.97 Å². The van der Waals surface area contributed by atoms with Gasteiger partial charge in [-0.05, 0) is 67.9 Å². The van der Waals surface area contributed by atoms with E-state index in [9.17, 15) is 0 Å². The minimum atomic E-state index is 0.0314. The molecule has 30 heavy (non-hydrogen) atoms. The van der Waals surface area contributed by atoms with E-state index in [4.69, 9.17) is 4.98 Å². The summed E-state index contributed by atoms with van der Waals surface area (Å²) in [6.45, 7) is 2.27. The van der Waals surface area contributed by atoms with E-state index in [0.717, 1.165) is 11.3 Å². The molecule has 4 nitrogen and oxygen atoms in total. The molecule has 0 N–H and O–H groups in total. The van der Waals surface area contributed by atoms with Crippen molar-refractivity contribution in [2.24, 2.45) is 7.05 Å². The average Bonchev–Trinajstić information content (AvgIpc) is 3.30. The number of aryl methyl sites for hydroxylation is 2. The van der Waals surface area contributed by atoms with E-state index in [1.165, 1.54) is 59.1 Å². The van der Waals surface area contributed by atoms with Crippen molar-refractivity contribution >= 4 is 27.8 Å². The van der Waals surface area contributed by atoms with Crippen LogP contribution in [0.5, 0.6) is 0 Å². The molecule has 0 saturated heterocycles. The highest BCUT2D eigenvalue weighted by atomic mass is 15.3. The van der Waals surface area contributed by atoms with Crippen molar-refractivity contribution < 1.29 is 4.57 Å². The molecule has 2 aromatic carbocycles. The van der Waals surface area contributed by atoms with Crippen LogP contribution in [0.15, 0.2) is 48.7 Å². The normalized spacial score (nSPS) is 23.6. The molecule has 9 rings (SSSR count). The Labute approximate surface area is 174 Å². The number of imidazole rings is 2. The highest BCUT2D eigenvalue weighted by molar-refractivity contribution is 6.01. The third-order valence-corrected chi connectivity index (χ3v) is 8.31. The molecule has 1 fully saturated rings. The lowest BCUT2D eigenvalue weighted by Gasteiger charge is -2.50. The van der Waals surface area contributed by atoms with Gasteiger partial charge in [-0.1, -0.05) is 18.2 Å². The van der Waals surface area contributed by atoms with Crippen LogP contribution in [0.4, 0.5) is 0 Å². The summed E-state index contributed by atoms with van der Waals surface area (Å²) in [5.41, 5.74) is 12.4. The molecule has 0 amide bonds. The molecule has 1 spiro atoms. The summed E-state index contributed by atoms with van der Waals surface area (Å²) < 4.78 is 7.45. The van der Waals surface area contributed by atoms with Gasteiger partial charge in [0.05, 0.1) is 38.7 Å². The van der Waals surface area contributed by atoms with Gasteiger partial charge < -0.3 is 0 Å². The molecule has 0 atom stereocenters. The maximum absolute atomic E-state index is 5.20. The number of hydrogen-bond acceptors (Lipinski definition) is 1. The molecular weight excluding hydrogens is 368 g/mol. The number of nitrogens with zero attached hydrogens (tertiary/aromatic N) is 4. The van der Waals surface area contributed by atoms with Gasteiger partial charge in [0.1, 0.15) is 7.05 Å². The molecule has 4 heterocycles. The average molecular weight is 391 g/mol. The van der Waals surface area contributed by atoms with Crippen LogP contribution in [0.25, 0.3) is 39.1 Å². The maximum atomic E-state index is 5.20. The molecule has 3 aromatic heterocycles. The second-order valence-electron chi connectivity index (χ2n) is 9.61. The van der Waals surface area contributed by atoms with Gasteiger partial charge in [0.2, 0.25) is 11.5 Å². The van der Waals surface area contributed by atoms with E-state index >= 15 is 0 Å². The van der Waals surface area contributed by atoms with Gasteiger partial charge >= 0.3 is 0 Å². The fourth-order valence-electron chi connectivity index (χ4n) is 7.08. The molecule has 2 bridgehead atoms. The van der Waals surface area contributed by atoms with E-state index in [0.29, 0.717) is 5.92 Å². The van der Waals surface area contributed by atoms with Crippen LogP contribution in [0.3, 0.4) is 0 Å². The van der Waals surface area contributed by atoms with Crippen molar-refractivity contribution in [1.29, 1.82) is 0 Å². The monoisotopic (exact) mass is 391 g/mol. The Balaban J connectivity index is 1.72. The van der Waals surface area contributed by atoms with Gasteiger partial charge in [0, 0.05) is 6.07 Å². The molecule has 0 unspecified atom stereocenters. The summed E-state index contributed by atoms with van der Waals surface area (Å²) >= 11 is 0. The molecule has 4 heteroatoms. The number of benzene rings is 2. The Morgan fingerprint density at radius 3 is 2.73 bits per heavy atom. The Bertz CT molecular complexity index is 1570. The molecule has 5 aromatic rings. The predicted octanol–water partition coefficient (Wildman–Crippen LogP) is 4.97. The van der Waals surface area contributed by atoms with Crippen LogP contribution in [-0.4, -0.2) is 14.0 Å². The zero-order valence-electron chi connectivity index (χ0n) is 17.3. The Morgan fingerprint density at radius 1 is 1.03 bits per heavy atom. The second-order valence-corrected chi connectivity index (χ2v) is 9.61. The first-order chi connectivity index (χ1) is 14.7. The van der Waals surface area contributed by atoms with E-state index in [-0.39, 0.29) is 5.54 Å².